The molecule has 23 heavy (non-hydrogen) atoms. The molecule has 2 nitrogen and oxygen atoms in total. The number of benzene rings is 1. The minimum absolute atomic E-state index is 0.00873. The molecule has 0 aromatic heterocycles. The highest BCUT2D eigenvalue weighted by Crippen LogP contribution is 2.12. The zero-order chi connectivity index (χ0) is 17.7. The van der Waals surface area contributed by atoms with E-state index in [0.29, 0.717) is 13.2 Å². The molecule has 0 fully saturated rings. The van der Waals surface area contributed by atoms with Gasteiger partial charge in [0.1, 0.15) is 24.8 Å². The monoisotopic (exact) mass is 324 g/mol. The second kappa shape index (κ2) is 12.4. The summed E-state index contributed by atoms with van der Waals surface area (Å²) in [5.74, 6) is -0.397. The first-order chi connectivity index (χ1) is 10.9. The highest BCUT2D eigenvalue weighted by Gasteiger charge is 1.99. The van der Waals surface area contributed by atoms with Crippen molar-refractivity contribution in [3.05, 3.63) is 72.5 Å². The minimum atomic E-state index is -0.628. The van der Waals surface area contributed by atoms with Crippen molar-refractivity contribution in [2.24, 2.45) is 0 Å². The summed E-state index contributed by atoms with van der Waals surface area (Å²) < 4.78 is 34.0. The lowest BCUT2D eigenvalue weighted by Gasteiger charge is -2.06. The summed E-state index contributed by atoms with van der Waals surface area (Å²) in [6.07, 6.45) is 2.04. The highest BCUT2D eigenvalue weighted by atomic mass is 19.1. The van der Waals surface area contributed by atoms with E-state index < -0.39 is 12.5 Å². The molecule has 1 aromatic rings. The third kappa shape index (κ3) is 11.2. The van der Waals surface area contributed by atoms with Gasteiger partial charge in [-0.2, -0.15) is 0 Å². The molecule has 0 saturated heterocycles. The largest absolute Gasteiger partial charge is 0.496 e. The zero-order valence-corrected chi connectivity index (χ0v) is 14.0. The van der Waals surface area contributed by atoms with E-state index in [1.807, 2.05) is 31.2 Å². The number of halogens is 2. The minimum Gasteiger partial charge on any atom is -0.496 e. The van der Waals surface area contributed by atoms with Crippen LogP contribution in [-0.2, 0) is 16.1 Å². The molecular formula is C19H26F2O2. The molecule has 0 spiro atoms. The number of unbranched alkanes of at least 4 members (excludes halogenated alkanes) is 1. The molecule has 4 heteroatoms. The first kappa shape index (κ1) is 20.9. The van der Waals surface area contributed by atoms with Gasteiger partial charge in [-0.05, 0) is 18.9 Å². The summed E-state index contributed by atoms with van der Waals surface area (Å²) in [6.45, 7) is 14.2. The lowest BCUT2D eigenvalue weighted by molar-refractivity contribution is 0.187. The predicted octanol–water partition coefficient (Wildman–Crippen LogP) is 5.79. The molecule has 0 saturated carbocycles. The van der Waals surface area contributed by atoms with Crippen LogP contribution in [-0.4, -0.2) is 13.3 Å². The van der Waals surface area contributed by atoms with E-state index in [1.54, 1.807) is 0 Å². The summed E-state index contributed by atoms with van der Waals surface area (Å²) in [5.41, 5.74) is 2.17. The first-order valence-corrected chi connectivity index (χ1v) is 7.49. The number of hydrogen-bond donors (Lipinski definition) is 0. The lowest BCUT2D eigenvalue weighted by Crippen LogP contribution is -1.94. The van der Waals surface area contributed by atoms with Gasteiger partial charge in [0.2, 0.25) is 0 Å². The molecule has 128 valence electrons. The lowest BCUT2D eigenvalue weighted by atomic mass is 10.2. The molecule has 0 amide bonds. The summed E-state index contributed by atoms with van der Waals surface area (Å²) in [5, 5.41) is 0. The van der Waals surface area contributed by atoms with Crippen molar-refractivity contribution in [3.8, 4) is 0 Å². The van der Waals surface area contributed by atoms with Crippen LogP contribution in [0.15, 0.2) is 61.3 Å². The Kier molecular flexibility index (Phi) is 11.3. The number of rotatable bonds is 9. The first-order valence-electron chi connectivity index (χ1n) is 7.49. The third-order valence-electron chi connectivity index (χ3n) is 2.79. The SMILES string of the molecule is C=C(CF)OCCCC.C=C(F)C(=C)OCc1ccc(C)cc1. The molecule has 0 aliphatic rings. The molecular weight excluding hydrogens is 298 g/mol. The fourth-order valence-electron chi connectivity index (χ4n) is 1.33. The van der Waals surface area contributed by atoms with Gasteiger partial charge in [0.25, 0.3) is 0 Å². The second-order valence-electron chi connectivity index (χ2n) is 4.98. The van der Waals surface area contributed by atoms with Gasteiger partial charge in [-0.25, -0.2) is 8.78 Å². The van der Waals surface area contributed by atoms with Gasteiger partial charge in [-0.1, -0.05) is 62.9 Å². The topological polar surface area (TPSA) is 18.5 Å². The Morgan fingerprint density at radius 3 is 2.17 bits per heavy atom. The fraction of sp³-hybridized carbons (Fsp3) is 0.368. The van der Waals surface area contributed by atoms with E-state index in [1.165, 1.54) is 5.56 Å². The summed E-state index contributed by atoms with van der Waals surface area (Å²) >= 11 is 0. The van der Waals surface area contributed by atoms with Crippen molar-refractivity contribution < 1.29 is 18.3 Å². The van der Waals surface area contributed by atoms with Crippen molar-refractivity contribution in [1.29, 1.82) is 0 Å². The van der Waals surface area contributed by atoms with Crippen molar-refractivity contribution in [1.82, 2.24) is 0 Å². The molecule has 0 aliphatic heterocycles. The zero-order valence-electron chi connectivity index (χ0n) is 14.0. The molecule has 0 atom stereocenters. The third-order valence-corrected chi connectivity index (χ3v) is 2.79. The van der Waals surface area contributed by atoms with Crippen LogP contribution in [0.3, 0.4) is 0 Å². The number of aryl methyl sites for hydroxylation is 1. The number of ether oxygens (including phenoxy) is 2. The Labute approximate surface area is 138 Å². The average Bonchev–Trinajstić information content (AvgIpc) is 2.54. The maximum atomic E-state index is 12.4. The number of hydrogen-bond acceptors (Lipinski definition) is 2. The van der Waals surface area contributed by atoms with Gasteiger partial charge in [0.05, 0.1) is 6.61 Å². The molecule has 0 heterocycles. The van der Waals surface area contributed by atoms with E-state index in [-0.39, 0.29) is 11.5 Å². The van der Waals surface area contributed by atoms with Crippen LogP contribution in [0.1, 0.15) is 30.9 Å². The van der Waals surface area contributed by atoms with E-state index in [4.69, 9.17) is 9.47 Å². The Morgan fingerprint density at radius 2 is 1.70 bits per heavy atom. The van der Waals surface area contributed by atoms with Crippen LogP contribution in [0.4, 0.5) is 8.78 Å². The number of alkyl halides is 1. The Bertz CT molecular complexity index is 493. The van der Waals surface area contributed by atoms with Crippen molar-refractivity contribution in [2.75, 3.05) is 13.3 Å². The molecule has 0 aliphatic carbocycles. The molecule has 0 unspecified atom stereocenters. The van der Waals surface area contributed by atoms with E-state index >= 15 is 0 Å². The van der Waals surface area contributed by atoms with Crippen LogP contribution in [0.25, 0.3) is 0 Å². The molecule has 1 aromatic carbocycles. The van der Waals surface area contributed by atoms with Crippen LogP contribution < -0.4 is 0 Å². The number of allylic oxidation sites excluding steroid dienone is 2. The molecule has 0 N–H and O–H groups in total. The molecule has 1 rings (SSSR count). The maximum absolute atomic E-state index is 12.4. The Balaban J connectivity index is 0.000000468. The van der Waals surface area contributed by atoms with Gasteiger partial charge in [0, 0.05) is 0 Å². The Morgan fingerprint density at radius 1 is 1.09 bits per heavy atom. The van der Waals surface area contributed by atoms with E-state index in [0.717, 1.165) is 18.4 Å². The van der Waals surface area contributed by atoms with Crippen LogP contribution in [0.2, 0.25) is 0 Å². The van der Waals surface area contributed by atoms with Gasteiger partial charge >= 0.3 is 0 Å². The second-order valence-corrected chi connectivity index (χ2v) is 4.98. The molecule has 0 bridgehead atoms. The predicted molar refractivity (Wildman–Crippen MR) is 91.3 cm³/mol. The van der Waals surface area contributed by atoms with Crippen LogP contribution in [0.5, 0.6) is 0 Å². The summed E-state index contributed by atoms with van der Waals surface area (Å²) in [4.78, 5) is 0. The van der Waals surface area contributed by atoms with Crippen molar-refractivity contribution in [2.45, 2.75) is 33.3 Å². The van der Waals surface area contributed by atoms with Gasteiger partial charge in [0.15, 0.2) is 5.83 Å². The van der Waals surface area contributed by atoms with Gasteiger partial charge < -0.3 is 9.47 Å². The highest BCUT2D eigenvalue weighted by molar-refractivity contribution is 5.21. The fourth-order valence-corrected chi connectivity index (χ4v) is 1.33. The standard InChI is InChI=1S/C12H13FO.C7H13FO/c1-9-4-6-12(7-5-9)8-14-11(3)10(2)13;1-3-4-5-9-7(2)6-8/h4-7H,2-3,8H2,1H3;2-6H2,1H3. The van der Waals surface area contributed by atoms with Crippen molar-refractivity contribution >= 4 is 0 Å². The van der Waals surface area contributed by atoms with E-state index in [2.05, 4.69) is 26.7 Å². The Hall–Kier alpha value is -2.10. The van der Waals surface area contributed by atoms with Gasteiger partial charge in [-0.15, -0.1) is 0 Å². The quantitative estimate of drug-likeness (QED) is 0.325. The van der Waals surface area contributed by atoms with E-state index in [9.17, 15) is 8.78 Å². The normalized spacial score (nSPS) is 9.39. The average molecular weight is 324 g/mol. The van der Waals surface area contributed by atoms with Crippen molar-refractivity contribution in [3.63, 3.8) is 0 Å². The van der Waals surface area contributed by atoms with Crippen LogP contribution >= 0.6 is 0 Å². The van der Waals surface area contributed by atoms with Gasteiger partial charge in [-0.3, -0.25) is 0 Å². The summed E-state index contributed by atoms with van der Waals surface area (Å²) in [7, 11) is 0. The molecule has 0 radical (unpaired) electrons. The summed E-state index contributed by atoms with van der Waals surface area (Å²) in [6, 6.07) is 7.82. The smallest absolute Gasteiger partial charge is 0.157 e. The maximum Gasteiger partial charge on any atom is 0.157 e. The van der Waals surface area contributed by atoms with Crippen LogP contribution in [0, 0.1) is 6.92 Å².